The summed E-state index contributed by atoms with van der Waals surface area (Å²) in [4.78, 5) is 4.89. The molecule has 0 spiro atoms. The first-order valence-electron chi connectivity index (χ1n) is 18.3. The van der Waals surface area contributed by atoms with Crippen LogP contribution < -0.4 is 24.9 Å². The largest absolute Gasteiger partial charge is 0.691 e. The van der Waals surface area contributed by atoms with Gasteiger partial charge in [0.1, 0.15) is 4.70 Å². The first kappa shape index (κ1) is 42.1. The number of hydrogen-bond donors (Lipinski definition) is 0. The number of thiazole rings is 1. The number of allylic oxidation sites excluding steroid dienone is 5. The number of para-hydroxylation sites is 3. The molecule has 302 valence electrons. The van der Waals surface area contributed by atoms with Gasteiger partial charge in [-0.1, -0.05) is 77.7 Å². The third-order valence-electron chi connectivity index (χ3n) is 9.44. The van der Waals surface area contributed by atoms with Crippen molar-refractivity contribution in [2.24, 2.45) is 0 Å². The maximum Gasteiger partial charge on any atom is 0.416 e. The molecule has 9 nitrogen and oxygen atoms in total. The number of benzene rings is 4. The number of fused-ring (bicyclic) bond motifs is 2. The van der Waals surface area contributed by atoms with E-state index in [0.29, 0.717) is 36.7 Å². The minimum atomic E-state index is -4.49. The van der Waals surface area contributed by atoms with Crippen molar-refractivity contribution in [1.82, 2.24) is 0 Å². The van der Waals surface area contributed by atoms with Gasteiger partial charge in [-0.3, -0.25) is 10.1 Å². The summed E-state index contributed by atoms with van der Waals surface area (Å²) in [5.41, 5.74) is 6.09. The van der Waals surface area contributed by atoms with Crippen LogP contribution in [0.3, 0.4) is 0 Å². The van der Waals surface area contributed by atoms with Crippen LogP contribution in [-0.4, -0.2) is 18.1 Å². The summed E-state index contributed by atoms with van der Waals surface area (Å²) in [5.74, 6) is 0.986. The molecule has 0 unspecified atom stereocenters. The van der Waals surface area contributed by atoms with Gasteiger partial charge in [0.2, 0.25) is 5.52 Å². The maximum absolute atomic E-state index is 13.9. The Labute approximate surface area is 350 Å². The summed E-state index contributed by atoms with van der Waals surface area (Å²) < 4.78 is 53.9. The zero-order valence-electron chi connectivity index (χ0n) is 30.8. The summed E-state index contributed by atoms with van der Waals surface area (Å²) in [6.07, 6.45) is 6.74. The van der Waals surface area contributed by atoms with Crippen LogP contribution in [0.15, 0.2) is 148 Å². The summed E-state index contributed by atoms with van der Waals surface area (Å²) in [6.45, 7) is 1.11. The predicted octanol–water partition coefficient (Wildman–Crippen LogP) is 10.0. The number of hydrogen-bond acceptors (Lipinski definition) is 12. The van der Waals surface area contributed by atoms with E-state index in [2.05, 4.69) is 82.8 Å². The quantitative estimate of drug-likeness (QED) is 0.0277. The highest BCUT2D eigenvalue weighted by atomic mass is 32.2. The van der Waals surface area contributed by atoms with Crippen molar-refractivity contribution in [1.29, 1.82) is 0 Å². The Morgan fingerprint density at radius 1 is 0.793 bits per heavy atom. The van der Waals surface area contributed by atoms with E-state index in [-0.39, 0.29) is 0 Å². The molecule has 0 N–H and O–H groups in total. The number of aryl methyl sites for hydroxylation is 1. The minimum Gasteiger partial charge on any atom is -0.691 e. The molecular weight excluding hydrogens is 828 g/mol. The second-order valence-corrected chi connectivity index (χ2v) is 16.7. The maximum atomic E-state index is 13.9. The number of halogens is 3. The lowest BCUT2D eigenvalue weighted by Gasteiger charge is -2.28. The lowest BCUT2D eigenvalue weighted by molar-refractivity contribution is -0.777. The van der Waals surface area contributed by atoms with Gasteiger partial charge in [0.15, 0.2) is 6.54 Å². The van der Waals surface area contributed by atoms with Gasteiger partial charge < -0.3 is 20.3 Å². The molecule has 0 saturated heterocycles. The summed E-state index contributed by atoms with van der Waals surface area (Å²) in [5, 5.41) is 29.4. The van der Waals surface area contributed by atoms with Gasteiger partial charge in [-0.2, -0.15) is 26.4 Å². The molecule has 0 saturated carbocycles. The van der Waals surface area contributed by atoms with Crippen molar-refractivity contribution < 1.29 is 47.0 Å². The van der Waals surface area contributed by atoms with E-state index in [1.807, 2.05) is 59.5 Å². The smallest absolute Gasteiger partial charge is 0.416 e. The van der Waals surface area contributed by atoms with E-state index in [0.717, 1.165) is 103 Å². The van der Waals surface area contributed by atoms with E-state index in [1.165, 1.54) is 23.9 Å². The summed E-state index contributed by atoms with van der Waals surface area (Å²) >= 11 is 4.96. The molecule has 1 aliphatic heterocycles. The molecule has 0 radical (unpaired) electrons. The second-order valence-electron chi connectivity index (χ2n) is 13.0. The van der Waals surface area contributed by atoms with Crippen molar-refractivity contribution in [3.63, 3.8) is 0 Å². The first-order chi connectivity index (χ1) is 28.4. The normalized spacial score (nSPS) is 15.8. The summed E-state index contributed by atoms with van der Waals surface area (Å²) in [6, 6.07) is 32.5. The van der Waals surface area contributed by atoms with Crippen molar-refractivity contribution in [3.05, 3.63) is 154 Å². The average Bonchev–Trinajstić information content (AvgIpc) is 3.92. The minimum absolute atomic E-state index is 0.398. The third kappa shape index (κ3) is 10.2. The number of nitrogens with zero attached hydrogens (tertiary/aromatic N) is 3. The highest BCUT2D eigenvalue weighted by molar-refractivity contribution is 8.03. The predicted molar refractivity (Wildman–Crippen MR) is 222 cm³/mol. The Morgan fingerprint density at radius 3 is 2.16 bits per heavy atom. The average molecular weight is 865 g/mol. The van der Waals surface area contributed by atoms with Gasteiger partial charge in [0.05, 0.1) is 22.0 Å². The van der Waals surface area contributed by atoms with E-state index >= 15 is 0 Å². The van der Waals surface area contributed by atoms with Gasteiger partial charge in [0.25, 0.3) is 5.01 Å². The van der Waals surface area contributed by atoms with E-state index in [1.54, 1.807) is 11.3 Å². The van der Waals surface area contributed by atoms with Gasteiger partial charge in [0, 0.05) is 77.0 Å². The van der Waals surface area contributed by atoms with E-state index in [9.17, 15) is 23.7 Å². The van der Waals surface area contributed by atoms with Crippen LogP contribution in [0.1, 0.15) is 36.3 Å². The second kappa shape index (κ2) is 20.3. The monoisotopic (exact) mass is 864 g/mol. The number of anilines is 3. The standard InChI is InChI=1S/C42H38F3N3O6S4/c43-42(44,45)32-21-22-38-36(29-32)47(26-10-28-56-54-52-50)40(58-38)24-20-31-18-17-30(41(31)48(33-11-3-1-4-12-33)34-13-5-2-6-14-34)19-23-39-46(25-9-27-55-53-51-49)35-15-7-8-16-37(35)57-39/h1-8,11-16,19-24,29H,9-10,17-18,25-28H2,(H-,49,50)/p-1. The summed E-state index contributed by atoms with van der Waals surface area (Å²) in [7, 11) is 0. The molecule has 7 rings (SSSR count). The molecule has 0 atom stereocenters. The zero-order valence-corrected chi connectivity index (χ0v) is 34.1. The number of alkyl halides is 3. The Hall–Kier alpha value is -4.07. The Bertz CT molecular complexity index is 2250. The highest BCUT2D eigenvalue weighted by Crippen LogP contribution is 2.49. The fourth-order valence-corrected chi connectivity index (χ4v) is 9.81. The molecular formula is C42H37F3N3O6S4-. The molecule has 0 bridgehead atoms. The van der Waals surface area contributed by atoms with Gasteiger partial charge in [-0.05, 0) is 91.1 Å². The van der Waals surface area contributed by atoms with Crippen LogP contribution in [0, 0.1) is 0 Å². The van der Waals surface area contributed by atoms with Gasteiger partial charge in [-0.15, -0.1) is 0 Å². The molecule has 1 aliphatic carbocycles. The SMILES string of the molecule is [O-]OOSCCCN1/C(=C/C=C2\CCC(/C=C/c3sc4ccccc4[n+]3CCCSOO[O-])=C2N(c2ccccc2)c2ccccc2)Sc2ccc(C(F)(F)F)cc21. The lowest BCUT2D eigenvalue weighted by atomic mass is 10.1. The Morgan fingerprint density at radius 2 is 1.47 bits per heavy atom. The fourth-order valence-electron chi connectivity index (χ4n) is 6.94. The molecule has 0 amide bonds. The topological polar surface area (TPSA) is 93.4 Å². The van der Waals surface area contributed by atoms with Crippen LogP contribution in [0.5, 0.6) is 0 Å². The van der Waals surface area contributed by atoms with Gasteiger partial charge >= 0.3 is 6.18 Å². The number of rotatable bonds is 18. The van der Waals surface area contributed by atoms with E-state index in [4.69, 9.17) is 0 Å². The van der Waals surface area contributed by atoms with Crippen molar-refractivity contribution >= 4 is 80.5 Å². The van der Waals surface area contributed by atoms with Crippen LogP contribution in [-0.2, 0) is 31.5 Å². The van der Waals surface area contributed by atoms with E-state index < -0.39 is 11.7 Å². The Kier molecular flexibility index (Phi) is 14.7. The van der Waals surface area contributed by atoms with Crippen molar-refractivity contribution in [2.45, 2.75) is 43.3 Å². The molecule has 0 fully saturated rings. The van der Waals surface area contributed by atoms with Crippen LogP contribution >= 0.6 is 47.2 Å². The molecule has 16 heteroatoms. The molecule has 4 aromatic carbocycles. The lowest BCUT2D eigenvalue weighted by Crippen LogP contribution is -2.35. The number of aromatic nitrogens is 1. The highest BCUT2D eigenvalue weighted by Gasteiger charge is 2.34. The third-order valence-corrected chi connectivity index (χ3v) is 12.9. The van der Waals surface area contributed by atoms with Crippen molar-refractivity contribution in [3.8, 4) is 0 Å². The van der Waals surface area contributed by atoms with Crippen LogP contribution in [0.25, 0.3) is 16.3 Å². The Balaban J connectivity index is 1.30. The molecule has 5 aromatic rings. The molecule has 1 aromatic heterocycles. The van der Waals surface area contributed by atoms with Crippen LogP contribution in [0.4, 0.5) is 30.2 Å². The van der Waals surface area contributed by atoms with Crippen LogP contribution in [0.2, 0.25) is 0 Å². The molecule has 58 heavy (non-hydrogen) atoms. The fraction of sp³-hybridized carbons (Fsp3) is 0.214. The first-order valence-corrected chi connectivity index (χ1v) is 21.8. The van der Waals surface area contributed by atoms with Crippen molar-refractivity contribution in [2.75, 3.05) is 27.9 Å². The molecule has 2 heterocycles. The number of thioether (sulfide) groups is 1. The van der Waals surface area contributed by atoms with Gasteiger partial charge in [-0.25, -0.2) is 0 Å². The molecule has 2 aliphatic rings. The zero-order chi connectivity index (χ0) is 40.3.